The van der Waals surface area contributed by atoms with E-state index in [0.717, 1.165) is 6.42 Å². The Morgan fingerprint density at radius 3 is 2.33 bits per heavy atom. The Hall–Kier alpha value is -0.600. The molecule has 3 atom stereocenters. The van der Waals surface area contributed by atoms with Crippen molar-refractivity contribution >= 4 is 0 Å². The van der Waals surface area contributed by atoms with Crippen LogP contribution < -0.4 is 0 Å². The number of aliphatic hydroxyl groups is 2. The predicted octanol–water partition coefficient (Wildman–Crippen LogP) is 2.67. The van der Waals surface area contributed by atoms with Crippen LogP contribution >= 0.6 is 0 Å². The fourth-order valence-corrected chi connectivity index (χ4v) is 1.24. The van der Waals surface area contributed by atoms with Crippen LogP contribution in [0.2, 0.25) is 0 Å². The zero-order chi connectivity index (χ0) is 11.7. The molecule has 0 aromatic heterocycles. The van der Waals surface area contributed by atoms with Gasteiger partial charge in [-0.2, -0.15) is 0 Å². The van der Waals surface area contributed by atoms with Crippen molar-refractivity contribution in [1.82, 2.24) is 0 Å². The van der Waals surface area contributed by atoms with Crippen molar-refractivity contribution in [2.24, 2.45) is 5.92 Å². The van der Waals surface area contributed by atoms with Crippen LogP contribution in [-0.2, 0) is 0 Å². The van der Waals surface area contributed by atoms with Gasteiger partial charge >= 0.3 is 0 Å². The van der Waals surface area contributed by atoms with Gasteiger partial charge in [-0.1, -0.05) is 45.1 Å². The van der Waals surface area contributed by atoms with Crippen LogP contribution in [-0.4, -0.2) is 22.4 Å². The first-order valence-electron chi connectivity index (χ1n) is 5.81. The summed E-state index contributed by atoms with van der Waals surface area (Å²) in [6.07, 6.45) is 9.32. The predicted molar refractivity (Wildman–Crippen MR) is 64.7 cm³/mol. The zero-order valence-corrected chi connectivity index (χ0v) is 10.1. The molecule has 2 N–H and O–H groups in total. The van der Waals surface area contributed by atoms with E-state index in [9.17, 15) is 10.2 Å². The maximum Gasteiger partial charge on any atom is 0.0624 e. The standard InChI is InChI=1S/C13H24O2/c1-4-6-7-8-9-11(3)13(15)10-12(14)5-2/h6-9,11-15H,4-5,10H2,1-3H3/b7-6-,9-8+/t11-,12+,13-/m1/s1. The van der Waals surface area contributed by atoms with Crippen LogP contribution in [0.1, 0.15) is 40.0 Å². The molecule has 0 radical (unpaired) electrons. The number of aliphatic hydroxyl groups excluding tert-OH is 2. The monoisotopic (exact) mass is 212 g/mol. The van der Waals surface area contributed by atoms with Crippen molar-refractivity contribution in [3.8, 4) is 0 Å². The van der Waals surface area contributed by atoms with Gasteiger partial charge in [0.25, 0.3) is 0 Å². The molecule has 15 heavy (non-hydrogen) atoms. The number of allylic oxidation sites excluding steroid dienone is 3. The SMILES string of the molecule is CC/C=C\C=C\[C@@H](C)[C@H](O)C[C@@H](O)CC. The molecule has 0 bridgehead atoms. The lowest BCUT2D eigenvalue weighted by Crippen LogP contribution is -2.22. The molecule has 0 aromatic carbocycles. The second-order valence-electron chi connectivity index (χ2n) is 3.95. The van der Waals surface area contributed by atoms with E-state index in [1.807, 2.05) is 32.1 Å². The normalized spacial score (nSPS) is 18.5. The summed E-state index contributed by atoms with van der Waals surface area (Å²) in [4.78, 5) is 0. The van der Waals surface area contributed by atoms with Crippen LogP contribution in [0.3, 0.4) is 0 Å². The van der Waals surface area contributed by atoms with Crippen LogP contribution in [0.15, 0.2) is 24.3 Å². The van der Waals surface area contributed by atoms with Gasteiger partial charge < -0.3 is 10.2 Å². The Labute approximate surface area is 93.3 Å². The van der Waals surface area contributed by atoms with E-state index < -0.39 is 6.10 Å². The van der Waals surface area contributed by atoms with E-state index in [1.54, 1.807) is 0 Å². The van der Waals surface area contributed by atoms with Crippen molar-refractivity contribution in [2.75, 3.05) is 0 Å². The van der Waals surface area contributed by atoms with Crippen LogP contribution in [0, 0.1) is 5.92 Å². The van der Waals surface area contributed by atoms with E-state index >= 15 is 0 Å². The third kappa shape index (κ3) is 7.34. The van der Waals surface area contributed by atoms with E-state index in [1.165, 1.54) is 0 Å². The fourth-order valence-electron chi connectivity index (χ4n) is 1.24. The molecule has 0 fully saturated rings. The summed E-state index contributed by atoms with van der Waals surface area (Å²) < 4.78 is 0. The molecule has 0 aliphatic rings. The molecule has 0 saturated carbocycles. The second-order valence-corrected chi connectivity index (χ2v) is 3.95. The topological polar surface area (TPSA) is 40.5 Å². The average molecular weight is 212 g/mol. The molecular weight excluding hydrogens is 188 g/mol. The number of hydrogen-bond acceptors (Lipinski definition) is 2. The summed E-state index contributed by atoms with van der Waals surface area (Å²) in [5.41, 5.74) is 0. The Bertz CT molecular complexity index is 197. The van der Waals surface area contributed by atoms with Crippen molar-refractivity contribution in [3.05, 3.63) is 24.3 Å². The summed E-state index contributed by atoms with van der Waals surface area (Å²) in [6, 6.07) is 0. The van der Waals surface area contributed by atoms with Crippen LogP contribution in [0.4, 0.5) is 0 Å². The maximum atomic E-state index is 9.74. The number of rotatable bonds is 7. The molecule has 0 saturated heterocycles. The first-order valence-corrected chi connectivity index (χ1v) is 5.81. The molecule has 0 aliphatic heterocycles. The fraction of sp³-hybridized carbons (Fsp3) is 0.692. The maximum absolute atomic E-state index is 9.74. The Morgan fingerprint density at radius 1 is 1.13 bits per heavy atom. The Balaban J connectivity index is 3.92. The van der Waals surface area contributed by atoms with E-state index in [4.69, 9.17) is 0 Å². The minimum atomic E-state index is -0.453. The van der Waals surface area contributed by atoms with E-state index in [2.05, 4.69) is 13.0 Å². The van der Waals surface area contributed by atoms with Gasteiger partial charge in [-0.05, 0) is 19.3 Å². The van der Waals surface area contributed by atoms with Crippen LogP contribution in [0.5, 0.6) is 0 Å². The average Bonchev–Trinajstić information content (AvgIpc) is 2.23. The zero-order valence-electron chi connectivity index (χ0n) is 10.1. The highest BCUT2D eigenvalue weighted by atomic mass is 16.3. The van der Waals surface area contributed by atoms with Gasteiger partial charge in [0.05, 0.1) is 12.2 Å². The molecule has 2 nitrogen and oxygen atoms in total. The molecule has 88 valence electrons. The molecule has 0 aliphatic carbocycles. The van der Waals surface area contributed by atoms with Gasteiger partial charge in [-0.3, -0.25) is 0 Å². The molecule has 0 heterocycles. The van der Waals surface area contributed by atoms with Gasteiger partial charge in [-0.15, -0.1) is 0 Å². The molecule has 0 aromatic rings. The lowest BCUT2D eigenvalue weighted by Gasteiger charge is -2.18. The molecule has 2 heteroatoms. The Kier molecular flexibility index (Phi) is 8.34. The summed E-state index contributed by atoms with van der Waals surface area (Å²) in [7, 11) is 0. The highest BCUT2D eigenvalue weighted by Gasteiger charge is 2.14. The highest BCUT2D eigenvalue weighted by molar-refractivity contribution is 5.04. The first-order chi connectivity index (χ1) is 7.11. The molecule has 0 spiro atoms. The van der Waals surface area contributed by atoms with Gasteiger partial charge in [-0.25, -0.2) is 0 Å². The minimum absolute atomic E-state index is 0.0905. The van der Waals surface area contributed by atoms with Crippen molar-refractivity contribution < 1.29 is 10.2 Å². The number of hydrogen-bond donors (Lipinski definition) is 2. The molecule has 0 unspecified atom stereocenters. The van der Waals surface area contributed by atoms with E-state index in [-0.39, 0.29) is 12.0 Å². The van der Waals surface area contributed by atoms with Gasteiger partial charge in [0.1, 0.15) is 0 Å². The highest BCUT2D eigenvalue weighted by Crippen LogP contribution is 2.12. The van der Waals surface area contributed by atoms with Crippen molar-refractivity contribution in [3.63, 3.8) is 0 Å². The summed E-state index contributed by atoms with van der Waals surface area (Å²) >= 11 is 0. The molecule has 0 amide bonds. The lowest BCUT2D eigenvalue weighted by atomic mass is 9.98. The molecular formula is C13H24O2. The summed E-state index contributed by atoms with van der Waals surface area (Å²) in [5, 5.41) is 19.1. The van der Waals surface area contributed by atoms with Gasteiger partial charge in [0.2, 0.25) is 0 Å². The summed E-state index contributed by atoms with van der Waals surface area (Å²) in [6.45, 7) is 5.96. The third-order valence-electron chi connectivity index (χ3n) is 2.49. The second kappa shape index (κ2) is 8.69. The summed E-state index contributed by atoms with van der Waals surface area (Å²) in [5.74, 6) is 0.0905. The quantitative estimate of drug-likeness (QED) is 0.637. The minimum Gasteiger partial charge on any atom is -0.393 e. The van der Waals surface area contributed by atoms with Crippen molar-refractivity contribution in [1.29, 1.82) is 0 Å². The van der Waals surface area contributed by atoms with E-state index in [0.29, 0.717) is 12.8 Å². The first kappa shape index (κ1) is 14.4. The van der Waals surface area contributed by atoms with Gasteiger partial charge in [0.15, 0.2) is 0 Å². The molecule has 0 rings (SSSR count). The Morgan fingerprint density at radius 2 is 1.80 bits per heavy atom. The van der Waals surface area contributed by atoms with Crippen molar-refractivity contribution in [2.45, 2.75) is 52.2 Å². The smallest absolute Gasteiger partial charge is 0.0624 e. The van der Waals surface area contributed by atoms with Crippen LogP contribution in [0.25, 0.3) is 0 Å². The lowest BCUT2D eigenvalue weighted by molar-refractivity contribution is 0.0590. The largest absolute Gasteiger partial charge is 0.393 e. The third-order valence-corrected chi connectivity index (χ3v) is 2.49. The van der Waals surface area contributed by atoms with Gasteiger partial charge in [0, 0.05) is 5.92 Å².